The zero-order valence-corrected chi connectivity index (χ0v) is 20.5. The fourth-order valence-corrected chi connectivity index (χ4v) is 3.93. The first-order valence-corrected chi connectivity index (χ1v) is 11.3. The van der Waals surface area contributed by atoms with E-state index >= 15 is 0 Å². The number of nitrogens with one attached hydrogen (secondary N) is 2. The smallest absolute Gasteiger partial charge is 0.321 e. The van der Waals surface area contributed by atoms with Gasteiger partial charge >= 0.3 is 6.03 Å². The molecule has 0 unspecified atom stereocenters. The Bertz CT molecular complexity index is 1160. The molecule has 2 N–H and O–H groups in total. The van der Waals surface area contributed by atoms with Gasteiger partial charge in [-0.2, -0.15) is 0 Å². The predicted molar refractivity (Wildman–Crippen MR) is 130 cm³/mol. The minimum absolute atomic E-state index is 0.196. The Kier molecular flexibility index (Phi) is 8.37. The van der Waals surface area contributed by atoms with E-state index in [0.717, 1.165) is 5.56 Å². The summed E-state index contributed by atoms with van der Waals surface area (Å²) in [6, 6.07) is 9.72. The second kappa shape index (κ2) is 11.2. The van der Waals surface area contributed by atoms with Crippen LogP contribution in [0.2, 0.25) is 10.0 Å². The van der Waals surface area contributed by atoms with E-state index in [1.165, 1.54) is 30.5 Å². The van der Waals surface area contributed by atoms with Gasteiger partial charge in [0.2, 0.25) is 0 Å². The first-order valence-electron chi connectivity index (χ1n) is 9.71. The van der Waals surface area contributed by atoms with Gasteiger partial charge in [0.1, 0.15) is 0 Å². The first-order chi connectivity index (χ1) is 15.8. The second-order valence-electron chi connectivity index (χ2n) is 6.93. The third kappa shape index (κ3) is 6.50. The van der Waals surface area contributed by atoms with E-state index in [1.807, 2.05) is 0 Å². The first kappa shape index (κ1) is 24.6. The summed E-state index contributed by atoms with van der Waals surface area (Å²) in [6.45, 7) is 0.555. The lowest BCUT2D eigenvalue weighted by Crippen LogP contribution is -2.28. The molecule has 3 aromatic rings. The third-order valence-electron chi connectivity index (χ3n) is 4.59. The Hall–Kier alpha value is -3.01. The molecule has 0 atom stereocenters. The van der Waals surface area contributed by atoms with Crippen molar-refractivity contribution in [2.45, 2.75) is 13.1 Å². The Balaban J connectivity index is 1.54. The molecule has 0 aliphatic carbocycles. The van der Waals surface area contributed by atoms with Crippen LogP contribution >= 0.6 is 34.5 Å². The van der Waals surface area contributed by atoms with Crippen molar-refractivity contribution in [3.8, 4) is 11.5 Å². The molecular weight excluding hydrogens is 487 g/mol. The standard InChI is InChI=1S/C22H22Cl2N4O4S/c1-28(20(29)14-5-7-18(31-2)19(9-14)32-3)11-15-12-33-22(26-15)27-21(30)25-10-13-4-6-16(23)17(24)8-13/h4-9,12H,10-11H2,1-3H3,(H2,25,26,27,30). The highest BCUT2D eigenvalue weighted by Crippen LogP contribution is 2.28. The molecule has 2 aromatic carbocycles. The van der Waals surface area contributed by atoms with Crippen LogP contribution in [0, 0.1) is 0 Å². The van der Waals surface area contributed by atoms with Gasteiger partial charge in [0.05, 0.1) is 36.5 Å². The van der Waals surface area contributed by atoms with E-state index < -0.39 is 6.03 Å². The molecule has 3 rings (SSSR count). The van der Waals surface area contributed by atoms with Crippen LogP contribution in [0.15, 0.2) is 41.8 Å². The molecule has 1 aromatic heterocycles. The number of anilines is 1. The molecular formula is C22H22Cl2N4O4S. The summed E-state index contributed by atoms with van der Waals surface area (Å²) >= 11 is 13.1. The number of hydrogen-bond acceptors (Lipinski definition) is 6. The molecule has 0 aliphatic rings. The SMILES string of the molecule is COc1ccc(C(=O)N(C)Cc2csc(NC(=O)NCc3ccc(Cl)c(Cl)c3)n2)cc1OC. The minimum Gasteiger partial charge on any atom is -0.493 e. The van der Waals surface area contributed by atoms with E-state index in [1.54, 1.807) is 48.8 Å². The highest BCUT2D eigenvalue weighted by Gasteiger charge is 2.16. The molecule has 1 heterocycles. The molecule has 0 saturated carbocycles. The Morgan fingerprint density at radius 2 is 1.82 bits per heavy atom. The van der Waals surface area contributed by atoms with Gasteiger partial charge < -0.3 is 19.7 Å². The molecule has 11 heteroatoms. The number of aromatic nitrogens is 1. The van der Waals surface area contributed by atoms with E-state index in [2.05, 4.69) is 15.6 Å². The number of nitrogens with zero attached hydrogens (tertiary/aromatic N) is 2. The molecule has 0 bridgehead atoms. The van der Waals surface area contributed by atoms with Crippen molar-refractivity contribution in [1.29, 1.82) is 0 Å². The van der Waals surface area contributed by atoms with Gasteiger partial charge in [-0.05, 0) is 35.9 Å². The molecule has 8 nitrogen and oxygen atoms in total. The fraction of sp³-hybridized carbons (Fsp3) is 0.227. The van der Waals surface area contributed by atoms with Crippen molar-refractivity contribution in [2.24, 2.45) is 0 Å². The Labute approximate surface area is 205 Å². The zero-order valence-electron chi connectivity index (χ0n) is 18.1. The Morgan fingerprint density at radius 1 is 1.06 bits per heavy atom. The number of halogens is 2. The maximum atomic E-state index is 12.8. The minimum atomic E-state index is -0.406. The molecule has 3 amide bonds. The van der Waals surface area contributed by atoms with Crippen molar-refractivity contribution in [1.82, 2.24) is 15.2 Å². The van der Waals surface area contributed by atoms with Gasteiger partial charge in [0, 0.05) is 24.5 Å². The van der Waals surface area contributed by atoms with Crippen LogP contribution in [-0.4, -0.2) is 43.1 Å². The molecule has 0 fully saturated rings. The number of carbonyl (C=O) groups excluding carboxylic acids is 2. The predicted octanol–water partition coefficient (Wildman–Crippen LogP) is 5.06. The fourth-order valence-electron chi connectivity index (χ4n) is 2.91. The largest absolute Gasteiger partial charge is 0.493 e. The van der Waals surface area contributed by atoms with Crippen molar-refractivity contribution in [3.63, 3.8) is 0 Å². The van der Waals surface area contributed by atoms with E-state index in [4.69, 9.17) is 32.7 Å². The average molecular weight is 509 g/mol. The third-order valence-corrected chi connectivity index (χ3v) is 6.13. The van der Waals surface area contributed by atoms with Crippen LogP contribution in [0.25, 0.3) is 0 Å². The van der Waals surface area contributed by atoms with Crippen LogP contribution in [0.5, 0.6) is 11.5 Å². The molecule has 0 radical (unpaired) electrons. The highest BCUT2D eigenvalue weighted by molar-refractivity contribution is 7.13. The van der Waals surface area contributed by atoms with Crippen LogP contribution in [-0.2, 0) is 13.1 Å². The van der Waals surface area contributed by atoms with Crippen LogP contribution in [0.1, 0.15) is 21.6 Å². The number of benzene rings is 2. The molecule has 0 spiro atoms. The van der Waals surface area contributed by atoms with Gasteiger partial charge in [-0.25, -0.2) is 9.78 Å². The van der Waals surface area contributed by atoms with Gasteiger partial charge in [0.15, 0.2) is 16.6 Å². The molecule has 33 heavy (non-hydrogen) atoms. The summed E-state index contributed by atoms with van der Waals surface area (Å²) in [4.78, 5) is 30.9. The maximum Gasteiger partial charge on any atom is 0.321 e. The number of amides is 3. The van der Waals surface area contributed by atoms with E-state index in [0.29, 0.717) is 37.9 Å². The maximum absolute atomic E-state index is 12.8. The van der Waals surface area contributed by atoms with Gasteiger partial charge in [-0.15, -0.1) is 11.3 Å². The van der Waals surface area contributed by atoms with Gasteiger partial charge in [-0.1, -0.05) is 29.3 Å². The summed E-state index contributed by atoms with van der Waals surface area (Å²) in [5, 5.41) is 8.50. The van der Waals surface area contributed by atoms with Gasteiger partial charge in [0.25, 0.3) is 5.91 Å². The lowest BCUT2D eigenvalue weighted by atomic mass is 10.1. The number of ether oxygens (including phenoxy) is 2. The summed E-state index contributed by atoms with van der Waals surface area (Å²) in [5.41, 5.74) is 1.93. The summed E-state index contributed by atoms with van der Waals surface area (Å²) in [5.74, 6) is 0.825. The number of rotatable bonds is 8. The topological polar surface area (TPSA) is 92.8 Å². The monoisotopic (exact) mass is 508 g/mol. The summed E-state index contributed by atoms with van der Waals surface area (Å²) in [6.07, 6.45) is 0. The number of carbonyl (C=O) groups is 2. The highest BCUT2D eigenvalue weighted by atomic mass is 35.5. The van der Waals surface area contributed by atoms with E-state index in [9.17, 15) is 9.59 Å². The zero-order chi connectivity index (χ0) is 24.0. The number of urea groups is 1. The summed E-state index contributed by atoms with van der Waals surface area (Å²) < 4.78 is 10.5. The van der Waals surface area contributed by atoms with Crippen LogP contribution in [0.3, 0.4) is 0 Å². The second-order valence-corrected chi connectivity index (χ2v) is 8.60. The lowest BCUT2D eigenvalue weighted by Gasteiger charge is -2.17. The van der Waals surface area contributed by atoms with E-state index in [-0.39, 0.29) is 19.0 Å². The molecule has 174 valence electrons. The quantitative estimate of drug-likeness (QED) is 0.443. The number of hydrogen-bond donors (Lipinski definition) is 2. The van der Waals surface area contributed by atoms with Crippen molar-refractivity contribution in [2.75, 3.05) is 26.6 Å². The number of methoxy groups -OCH3 is 2. The summed E-state index contributed by atoms with van der Waals surface area (Å²) in [7, 11) is 4.72. The van der Waals surface area contributed by atoms with Crippen molar-refractivity contribution < 1.29 is 19.1 Å². The lowest BCUT2D eigenvalue weighted by molar-refractivity contribution is 0.0783. The Morgan fingerprint density at radius 3 is 2.52 bits per heavy atom. The van der Waals surface area contributed by atoms with Crippen LogP contribution in [0.4, 0.5) is 9.93 Å². The molecule has 0 saturated heterocycles. The van der Waals surface area contributed by atoms with Crippen molar-refractivity contribution >= 4 is 51.6 Å². The van der Waals surface area contributed by atoms with Gasteiger partial charge in [-0.3, -0.25) is 10.1 Å². The number of thiazole rings is 1. The normalized spacial score (nSPS) is 10.5. The molecule has 0 aliphatic heterocycles. The van der Waals surface area contributed by atoms with Crippen LogP contribution < -0.4 is 20.1 Å². The average Bonchev–Trinajstić information content (AvgIpc) is 3.25. The van der Waals surface area contributed by atoms with Crippen molar-refractivity contribution in [3.05, 3.63) is 68.6 Å².